The van der Waals surface area contributed by atoms with Crippen LogP contribution in [0.3, 0.4) is 0 Å². The molecule has 1 aliphatic carbocycles. The largest absolute Gasteiger partial charge is 0.348 e. The van der Waals surface area contributed by atoms with E-state index in [9.17, 15) is 4.79 Å². The van der Waals surface area contributed by atoms with Crippen LogP contribution in [0.15, 0.2) is 22.7 Å². The summed E-state index contributed by atoms with van der Waals surface area (Å²) in [5.74, 6) is 0.0432. The van der Waals surface area contributed by atoms with E-state index in [1.165, 1.54) is 12.8 Å². The smallest absolute Gasteiger partial charge is 0.251 e. The van der Waals surface area contributed by atoms with Crippen molar-refractivity contribution in [3.63, 3.8) is 0 Å². The Morgan fingerprint density at radius 3 is 2.89 bits per heavy atom. The van der Waals surface area contributed by atoms with Crippen LogP contribution >= 0.6 is 27.7 Å². The average molecular weight is 328 g/mol. The van der Waals surface area contributed by atoms with Crippen molar-refractivity contribution >= 4 is 33.6 Å². The molecular formula is C14H18BrNOS. The average Bonchev–Trinajstić information content (AvgIpc) is 2.79. The predicted molar refractivity (Wildman–Crippen MR) is 81.3 cm³/mol. The maximum absolute atomic E-state index is 12.2. The molecule has 2 rings (SSSR count). The van der Waals surface area contributed by atoms with Gasteiger partial charge in [0.25, 0.3) is 5.91 Å². The molecule has 1 fully saturated rings. The van der Waals surface area contributed by atoms with Crippen molar-refractivity contribution in [3.8, 4) is 0 Å². The van der Waals surface area contributed by atoms with Crippen LogP contribution in [0, 0.1) is 6.92 Å². The number of rotatable bonds is 3. The molecule has 1 aromatic carbocycles. The summed E-state index contributed by atoms with van der Waals surface area (Å²) in [6.07, 6.45) is 5.65. The van der Waals surface area contributed by atoms with Gasteiger partial charge in [0.1, 0.15) is 0 Å². The van der Waals surface area contributed by atoms with Gasteiger partial charge in [0.15, 0.2) is 0 Å². The molecule has 1 N–H and O–H groups in total. The highest BCUT2D eigenvalue weighted by Crippen LogP contribution is 2.28. The third kappa shape index (κ3) is 3.09. The van der Waals surface area contributed by atoms with Gasteiger partial charge in [-0.15, -0.1) is 0 Å². The Hall–Kier alpha value is -0.480. The van der Waals surface area contributed by atoms with Crippen LogP contribution in [-0.4, -0.2) is 23.5 Å². The first-order valence-corrected chi connectivity index (χ1v) is 8.29. The molecule has 2 nitrogen and oxygen atoms in total. The highest BCUT2D eigenvalue weighted by atomic mass is 79.9. The quantitative estimate of drug-likeness (QED) is 0.915. The van der Waals surface area contributed by atoms with Crippen molar-refractivity contribution < 1.29 is 4.79 Å². The van der Waals surface area contributed by atoms with Gasteiger partial charge in [-0.05, 0) is 43.7 Å². The van der Waals surface area contributed by atoms with Gasteiger partial charge in [0, 0.05) is 21.3 Å². The minimum absolute atomic E-state index is 0.0432. The number of benzene rings is 1. The zero-order chi connectivity index (χ0) is 13.1. The molecule has 18 heavy (non-hydrogen) atoms. The Labute approximate surface area is 121 Å². The van der Waals surface area contributed by atoms with Crippen molar-refractivity contribution in [1.82, 2.24) is 5.32 Å². The molecule has 98 valence electrons. The number of aryl methyl sites for hydroxylation is 1. The zero-order valence-corrected chi connectivity index (χ0v) is 13.1. The maximum Gasteiger partial charge on any atom is 0.251 e. The Morgan fingerprint density at radius 2 is 2.22 bits per heavy atom. The summed E-state index contributed by atoms with van der Waals surface area (Å²) < 4.78 is 0.989. The molecule has 1 saturated carbocycles. The normalized spacial score (nSPS) is 23.1. The Bertz CT molecular complexity index is 449. The number of thioether (sulfide) groups is 1. The predicted octanol–water partition coefficient (Wildman–Crippen LogP) is 3.77. The van der Waals surface area contributed by atoms with Crippen molar-refractivity contribution in [2.75, 3.05) is 6.26 Å². The SMILES string of the molecule is CSC1CCCC1NC(=O)c1ccc(C)c(Br)c1. The molecule has 0 bridgehead atoms. The first-order chi connectivity index (χ1) is 8.61. The minimum Gasteiger partial charge on any atom is -0.348 e. The van der Waals surface area contributed by atoms with Crippen molar-refractivity contribution in [3.05, 3.63) is 33.8 Å². The molecule has 1 aliphatic rings. The third-order valence-corrected chi connectivity index (χ3v) is 5.53. The number of amides is 1. The topological polar surface area (TPSA) is 29.1 Å². The first-order valence-electron chi connectivity index (χ1n) is 6.21. The van der Waals surface area contributed by atoms with E-state index in [1.54, 1.807) is 0 Å². The van der Waals surface area contributed by atoms with Gasteiger partial charge in [-0.25, -0.2) is 0 Å². The van der Waals surface area contributed by atoms with E-state index in [4.69, 9.17) is 0 Å². The van der Waals surface area contributed by atoms with Crippen LogP contribution in [0.2, 0.25) is 0 Å². The number of halogens is 1. The molecule has 0 saturated heterocycles. The lowest BCUT2D eigenvalue weighted by molar-refractivity contribution is 0.0938. The number of carbonyl (C=O) groups excluding carboxylic acids is 1. The molecule has 0 heterocycles. The molecule has 0 spiro atoms. The van der Waals surface area contributed by atoms with Gasteiger partial charge in [0.2, 0.25) is 0 Å². The van der Waals surface area contributed by atoms with Crippen LogP contribution < -0.4 is 5.32 Å². The van der Waals surface area contributed by atoms with E-state index >= 15 is 0 Å². The molecule has 2 atom stereocenters. The highest BCUT2D eigenvalue weighted by molar-refractivity contribution is 9.10. The molecule has 1 aromatic rings. The van der Waals surface area contributed by atoms with Crippen molar-refractivity contribution in [2.24, 2.45) is 0 Å². The maximum atomic E-state index is 12.2. The Morgan fingerprint density at radius 1 is 1.44 bits per heavy atom. The number of hydrogen-bond acceptors (Lipinski definition) is 2. The van der Waals surface area contributed by atoms with Crippen molar-refractivity contribution in [2.45, 2.75) is 37.5 Å². The summed E-state index contributed by atoms with van der Waals surface area (Å²) >= 11 is 5.33. The first kappa shape index (κ1) is 13.9. The standard InChI is InChI=1S/C14H18BrNOS/c1-9-6-7-10(8-11(9)15)14(17)16-12-4-3-5-13(12)18-2/h6-8,12-13H,3-5H2,1-2H3,(H,16,17). The van der Waals surface area contributed by atoms with E-state index in [2.05, 4.69) is 27.5 Å². The van der Waals surface area contributed by atoms with E-state index in [-0.39, 0.29) is 5.91 Å². The van der Waals surface area contributed by atoms with E-state index < -0.39 is 0 Å². The van der Waals surface area contributed by atoms with Crippen LogP contribution in [0.25, 0.3) is 0 Å². The van der Waals surface area contributed by atoms with Gasteiger partial charge in [0.05, 0.1) is 0 Å². The fourth-order valence-corrected chi connectivity index (χ4v) is 3.67. The van der Waals surface area contributed by atoms with Crippen LogP contribution in [0.5, 0.6) is 0 Å². The van der Waals surface area contributed by atoms with Crippen LogP contribution in [0.1, 0.15) is 35.2 Å². The van der Waals surface area contributed by atoms with Gasteiger partial charge in [-0.2, -0.15) is 11.8 Å². The molecule has 4 heteroatoms. The molecular weight excluding hydrogens is 310 g/mol. The molecule has 0 aliphatic heterocycles. The van der Waals surface area contributed by atoms with Gasteiger partial charge < -0.3 is 5.32 Å². The highest BCUT2D eigenvalue weighted by Gasteiger charge is 2.27. The summed E-state index contributed by atoms with van der Waals surface area (Å²) in [4.78, 5) is 12.2. The lowest BCUT2D eigenvalue weighted by Crippen LogP contribution is -2.38. The van der Waals surface area contributed by atoms with Gasteiger partial charge >= 0.3 is 0 Å². The summed E-state index contributed by atoms with van der Waals surface area (Å²) in [7, 11) is 0. The van der Waals surface area contributed by atoms with Crippen LogP contribution in [-0.2, 0) is 0 Å². The lowest BCUT2D eigenvalue weighted by Gasteiger charge is -2.19. The number of hydrogen-bond donors (Lipinski definition) is 1. The summed E-state index contributed by atoms with van der Waals surface area (Å²) in [5, 5.41) is 3.73. The fourth-order valence-electron chi connectivity index (χ4n) is 2.36. The van der Waals surface area contributed by atoms with Gasteiger partial charge in [-0.3, -0.25) is 4.79 Å². The number of carbonyl (C=O) groups is 1. The molecule has 1 amide bonds. The monoisotopic (exact) mass is 327 g/mol. The minimum atomic E-state index is 0.0432. The lowest BCUT2D eigenvalue weighted by atomic mass is 10.1. The third-order valence-electron chi connectivity index (χ3n) is 3.51. The summed E-state index contributed by atoms with van der Waals surface area (Å²) in [5.41, 5.74) is 1.88. The van der Waals surface area contributed by atoms with E-state index in [0.29, 0.717) is 11.3 Å². The second-order valence-electron chi connectivity index (χ2n) is 4.75. The van der Waals surface area contributed by atoms with Crippen molar-refractivity contribution in [1.29, 1.82) is 0 Å². The molecule has 0 radical (unpaired) electrons. The number of nitrogens with one attached hydrogen (secondary N) is 1. The summed E-state index contributed by atoms with van der Waals surface area (Å²) in [6.45, 7) is 2.02. The Balaban J connectivity index is 2.05. The Kier molecular flexibility index (Phi) is 4.73. The van der Waals surface area contributed by atoms with E-state index in [0.717, 1.165) is 22.0 Å². The summed E-state index contributed by atoms with van der Waals surface area (Å²) in [6, 6.07) is 6.08. The second kappa shape index (κ2) is 6.11. The zero-order valence-electron chi connectivity index (χ0n) is 10.7. The second-order valence-corrected chi connectivity index (χ2v) is 6.68. The fraction of sp³-hybridized carbons (Fsp3) is 0.500. The molecule has 2 unspecified atom stereocenters. The van der Waals surface area contributed by atoms with Crippen LogP contribution in [0.4, 0.5) is 0 Å². The van der Waals surface area contributed by atoms with Gasteiger partial charge in [-0.1, -0.05) is 28.4 Å². The van der Waals surface area contributed by atoms with E-state index in [1.807, 2.05) is 36.9 Å². The molecule has 0 aromatic heterocycles.